The van der Waals surface area contributed by atoms with Crippen LogP contribution in [0.25, 0.3) is 0 Å². The van der Waals surface area contributed by atoms with Crippen molar-refractivity contribution in [1.82, 2.24) is 14.3 Å². The van der Waals surface area contributed by atoms with E-state index in [1.54, 1.807) is 28.8 Å². The number of allylic oxidation sites excluding steroid dienone is 2. The zero-order valence-corrected chi connectivity index (χ0v) is 19.5. The van der Waals surface area contributed by atoms with Gasteiger partial charge >= 0.3 is 0 Å². The fourth-order valence-electron chi connectivity index (χ4n) is 3.40. The van der Waals surface area contributed by atoms with Gasteiger partial charge in [0, 0.05) is 17.4 Å². The predicted octanol–water partition coefficient (Wildman–Crippen LogP) is 4.68. The van der Waals surface area contributed by atoms with Gasteiger partial charge in [0.1, 0.15) is 4.91 Å². The molecule has 2 aliphatic heterocycles. The van der Waals surface area contributed by atoms with Crippen LogP contribution in [0, 0.1) is 0 Å². The molecule has 0 spiro atoms. The number of nitrogens with zero attached hydrogens (tertiary/aromatic N) is 1. The molecule has 3 N–H and O–H groups in total. The maximum absolute atomic E-state index is 13.2. The lowest BCUT2D eigenvalue weighted by Crippen LogP contribution is -2.29. The fraction of sp³-hybridized carbons (Fsp3) is 0.136. The minimum absolute atomic E-state index is 0.0829. The summed E-state index contributed by atoms with van der Waals surface area (Å²) >= 11 is 7.38. The molecular weight excluding hydrogens is 468 g/mol. The molecule has 0 saturated heterocycles. The first-order valence-corrected chi connectivity index (χ1v) is 12.5. The third-order valence-corrected chi connectivity index (χ3v) is 7.37. The highest BCUT2D eigenvalue weighted by atomic mass is 35.5. The molecule has 0 aromatic heterocycles. The van der Waals surface area contributed by atoms with Crippen LogP contribution in [0.4, 0.5) is 5.69 Å². The Balaban J connectivity index is 1.62. The van der Waals surface area contributed by atoms with E-state index < -0.39 is 15.9 Å². The summed E-state index contributed by atoms with van der Waals surface area (Å²) in [5.41, 5.74) is 1.76. The monoisotopic (exact) mass is 488 g/mol. The van der Waals surface area contributed by atoms with Crippen LogP contribution in [0.5, 0.6) is 0 Å². The number of rotatable bonds is 7. The standard InChI is InChI=1S/C22H21ClN4O3S2/c1-2-18(15-7-4-3-5-8-15)25-22(28)17-11-10-16(23)13-19(17)26-32(29,30)21-9-6-12-27-20(21)14-24-31-27/h3-14,18,24,26H,2H2,1H3,(H,25,28). The van der Waals surface area contributed by atoms with E-state index >= 15 is 0 Å². The third kappa shape index (κ3) is 4.64. The van der Waals surface area contributed by atoms with E-state index in [1.165, 1.54) is 30.3 Å². The second-order valence-corrected chi connectivity index (χ2v) is 9.98. The number of nitrogens with one attached hydrogen (secondary N) is 3. The Morgan fingerprint density at radius 2 is 2.00 bits per heavy atom. The van der Waals surface area contributed by atoms with Gasteiger partial charge in [-0.2, -0.15) is 0 Å². The van der Waals surface area contributed by atoms with Gasteiger partial charge in [-0.05, 0) is 42.3 Å². The Morgan fingerprint density at radius 1 is 1.22 bits per heavy atom. The summed E-state index contributed by atoms with van der Waals surface area (Å²) in [6.45, 7) is 1.97. The van der Waals surface area contributed by atoms with E-state index in [1.807, 2.05) is 37.3 Å². The molecule has 0 bridgehead atoms. The number of hydrogen-bond acceptors (Lipinski definition) is 6. The Morgan fingerprint density at radius 3 is 2.75 bits per heavy atom. The van der Waals surface area contributed by atoms with E-state index in [0.717, 1.165) is 5.56 Å². The van der Waals surface area contributed by atoms with Crippen molar-refractivity contribution < 1.29 is 13.2 Å². The van der Waals surface area contributed by atoms with Crippen molar-refractivity contribution in [3.8, 4) is 0 Å². The van der Waals surface area contributed by atoms with Gasteiger partial charge in [-0.15, -0.1) is 0 Å². The average Bonchev–Trinajstić information content (AvgIpc) is 3.26. The van der Waals surface area contributed by atoms with Crippen molar-refractivity contribution in [2.45, 2.75) is 19.4 Å². The van der Waals surface area contributed by atoms with Crippen LogP contribution >= 0.6 is 23.7 Å². The molecule has 1 amide bonds. The summed E-state index contributed by atoms with van der Waals surface area (Å²) in [6, 6.07) is 13.9. The summed E-state index contributed by atoms with van der Waals surface area (Å²) in [4.78, 5) is 13.2. The van der Waals surface area contributed by atoms with E-state index in [0.29, 0.717) is 17.1 Å². The summed E-state index contributed by atoms with van der Waals surface area (Å²) in [7, 11) is -3.99. The summed E-state index contributed by atoms with van der Waals surface area (Å²) < 4.78 is 33.5. The second-order valence-electron chi connectivity index (χ2n) is 7.08. The van der Waals surface area contributed by atoms with Crippen LogP contribution in [0.1, 0.15) is 35.3 Å². The third-order valence-electron chi connectivity index (χ3n) is 4.98. The maximum atomic E-state index is 13.2. The Kier molecular flexibility index (Phi) is 6.50. The largest absolute Gasteiger partial charge is 0.345 e. The van der Waals surface area contributed by atoms with Crippen LogP contribution < -0.4 is 14.8 Å². The first-order valence-electron chi connectivity index (χ1n) is 9.88. The van der Waals surface area contributed by atoms with Gasteiger partial charge in [0.15, 0.2) is 0 Å². The molecule has 4 rings (SSSR count). The molecule has 0 radical (unpaired) electrons. The first kappa shape index (κ1) is 22.3. The minimum Gasteiger partial charge on any atom is -0.345 e. The van der Waals surface area contributed by atoms with Crippen molar-refractivity contribution in [2.75, 3.05) is 4.72 Å². The highest BCUT2D eigenvalue weighted by molar-refractivity contribution is 7.97. The molecule has 0 saturated carbocycles. The number of sulfonamides is 1. The Bertz CT molecular complexity index is 1230. The van der Waals surface area contributed by atoms with Crippen LogP contribution in [-0.2, 0) is 10.0 Å². The van der Waals surface area contributed by atoms with Gasteiger partial charge in [-0.3, -0.25) is 13.8 Å². The van der Waals surface area contributed by atoms with Gasteiger partial charge < -0.3 is 10.0 Å². The number of carbonyl (C=O) groups is 1. The summed E-state index contributed by atoms with van der Waals surface area (Å²) in [6.07, 6.45) is 7.19. The molecule has 10 heteroatoms. The Labute approximate surface area is 196 Å². The molecule has 2 heterocycles. The number of carbonyl (C=O) groups excluding carboxylic acids is 1. The molecule has 0 aliphatic carbocycles. The maximum Gasteiger partial charge on any atom is 0.264 e. The van der Waals surface area contributed by atoms with Gasteiger partial charge in [-0.25, -0.2) is 8.42 Å². The first-order chi connectivity index (χ1) is 15.4. The number of anilines is 1. The minimum atomic E-state index is -3.99. The van der Waals surface area contributed by atoms with E-state index in [9.17, 15) is 13.2 Å². The normalized spacial score (nSPS) is 15.9. The van der Waals surface area contributed by atoms with Crippen LogP contribution in [0.2, 0.25) is 5.02 Å². The zero-order valence-electron chi connectivity index (χ0n) is 17.1. The summed E-state index contributed by atoms with van der Waals surface area (Å²) in [5, 5.41) is 3.30. The number of amides is 1. The van der Waals surface area contributed by atoms with Crippen LogP contribution in [0.3, 0.4) is 0 Å². The van der Waals surface area contributed by atoms with Crippen molar-refractivity contribution >= 4 is 45.4 Å². The molecule has 2 aromatic rings. The molecule has 2 aliphatic rings. The van der Waals surface area contributed by atoms with Gasteiger partial charge in [0.2, 0.25) is 0 Å². The molecule has 32 heavy (non-hydrogen) atoms. The predicted molar refractivity (Wildman–Crippen MR) is 129 cm³/mol. The van der Waals surface area contributed by atoms with Gasteiger partial charge in [-0.1, -0.05) is 48.9 Å². The quantitative estimate of drug-likeness (QED) is 0.490. The van der Waals surface area contributed by atoms with E-state index in [4.69, 9.17) is 11.6 Å². The number of halogens is 1. The summed E-state index contributed by atoms with van der Waals surface area (Å²) in [5.74, 6) is -0.397. The number of hydrogen-bond donors (Lipinski definition) is 3. The van der Waals surface area contributed by atoms with Gasteiger partial charge in [0.05, 0.1) is 35.1 Å². The highest BCUT2D eigenvalue weighted by Gasteiger charge is 2.30. The average molecular weight is 489 g/mol. The van der Waals surface area contributed by atoms with E-state index in [2.05, 4.69) is 14.8 Å². The Hall–Kier alpha value is -2.88. The molecule has 166 valence electrons. The van der Waals surface area contributed by atoms with Crippen molar-refractivity contribution in [2.24, 2.45) is 0 Å². The fourth-order valence-corrected chi connectivity index (χ4v) is 5.55. The highest BCUT2D eigenvalue weighted by Crippen LogP contribution is 2.34. The lowest BCUT2D eigenvalue weighted by molar-refractivity contribution is 0.0936. The van der Waals surface area contributed by atoms with Crippen molar-refractivity contribution in [3.05, 3.63) is 99.8 Å². The van der Waals surface area contributed by atoms with Gasteiger partial charge in [0.25, 0.3) is 15.9 Å². The molecule has 2 aromatic carbocycles. The second kappa shape index (κ2) is 9.32. The van der Waals surface area contributed by atoms with Crippen molar-refractivity contribution in [3.63, 3.8) is 0 Å². The lowest BCUT2D eigenvalue weighted by atomic mass is 10.0. The smallest absolute Gasteiger partial charge is 0.264 e. The lowest BCUT2D eigenvalue weighted by Gasteiger charge is -2.22. The molecular formula is C22H21ClN4O3S2. The van der Waals surface area contributed by atoms with Crippen LogP contribution in [0.15, 0.2) is 83.7 Å². The molecule has 1 unspecified atom stereocenters. The number of fused-ring (bicyclic) bond motifs is 1. The molecule has 0 fully saturated rings. The SMILES string of the molecule is CCC(NC(=O)c1ccc(Cl)cc1NS(=O)(=O)C1=CC=CN2SNC=C12)c1ccccc1. The van der Waals surface area contributed by atoms with E-state index in [-0.39, 0.29) is 22.2 Å². The van der Waals surface area contributed by atoms with Crippen molar-refractivity contribution in [1.29, 1.82) is 0 Å². The molecule has 1 atom stereocenters. The van der Waals surface area contributed by atoms with Crippen LogP contribution in [-0.4, -0.2) is 18.6 Å². The topological polar surface area (TPSA) is 90.5 Å². The number of benzene rings is 2. The molecule has 7 nitrogen and oxygen atoms in total. The zero-order chi connectivity index (χ0) is 22.7.